The molecule has 1 aliphatic heterocycles. The number of nitrogens with zero attached hydrogens (tertiary/aromatic N) is 1. The Balaban J connectivity index is 2.41. The molecule has 0 aliphatic carbocycles. The molecule has 76 valence electrons. The summed E-state index contributed by atoms with van der Waals surface area (Å²) in [6.45, 7) is 8.97. The van der Waals surface area contributed by atoms with Crippen LogP contribution in [0, 0.1) is 5.41 Å². The van der Waals surface area contributed by atoms with Gasteiger partial charge >= 0.3 is 0 Å². The molecule has 0 aromatic carbocycles. The number of Topliss-reactive ketones (excluding diaryl/α,β-unsaturated/α-hetero) is 1. The Labute approximate surface area is 85.1 Å². The molecule has 1 heterocycles. The molecule has 0 radical (unpaired) electrons. The Bertz CT molecular complexity index is 185. The van der Waals surface area contributed by atoms with E-state index in [1.165, 1.54) is 11.5 Å². The summed E-state index contributed by atoms with van der Waals surface area (Å²) in [6, 6.07) is 0. The van der Waals surface area contributed by atoms with E-state index in [1.807, 2.05) is 25.6 Å². The number of rotatable bonds is 3. The lowest BCUT2D eigenvalue weighted by Crippen LogP contribution is -2.42. The van der Waals surface area contributed by atoms with Crippen LogP contribution in [0.15, 0.2) is 0 Å². The zero-order valence-electron chi connectivity index (χ0n) is 8.80. The van der Waals surface area contributed by atoms with Crippen LogP contribution in [0.2, 0.25) is 0 Å². The molecule has 0 saturated carbocycles. The van der Waals surface area contributed by atoms with Crippen LogP contribution in [0.5, 0.6) is 0 Å². The maximum atomic E-state index is 11.3. The third-order valence-electron chi connectivity index (χ3n) is 2.68. The van der Waals surface area contributed by atoms with E-state index in [9.17, 15) is 4.79 Å². The van der Waals surface area contributed by atoms with Gasteiger partial charge in [0.2, 0.25) is 0 Å². The molecule has 13 heavy (non-hydrogen) atoms. The van der Waals surface area contributed by atoms with Gasteiger partial charge in [-0.05, 0) is 6.92 Å². The molecule has 3 heteroatoms. The topological polar surface area (TPSA) is 20.3 Å². The average Bonchev–Trinajstić information content (AvgIpc) is 2.05. The van der Waals surface area contributed by atoms with Crippen LogP contribution in [0.3, 0.4) is 0 Å². The fourth-order valence-corrected chi connectivity index (χ4v) is 2.41. The van der Waals surface area contributed by atoms with E-state index in [0.29, 0.717) is 5.78 Å². The Morgan fingerprint density at radius 2 is 1.92 bits per heavy atom. The van der Waals surface area contributed by atoms with Crippen molar-refractivity contribution in [3.63, 3.8) is 0 Å². The Morgan fingerprint density at radius 3 is 2.38 bits per heavy atom. The van der Waals surface area contributed by atoms with Crippen molar-refractivity contribution in [1.29, 1.82) is 0 Å². The molecule has 1 aliphatic rings. The normalized spacial score (nSPS) is 20.2. The summed E-state index contributed by atoms with van der Waals surface area (Å²) in [7, 11) is 0. The summed E-state index contributed by atoms with van der Waals surface area (Å²) in [5, 5.41) is 0. The van der Waals surface area contributed by atoms with Crippen LogP contribution < -0.4 is 0 Å². The molecule has 0 atom stereocenters. The third kappa shape index (κ3) is 3.31. The second kappa shape index (κ2) is 4.47. The van der Waals surface area contributed by atoms with Crippen molar-refractivity contribution in [2.45, 2.75) is 20.8 Å². The van der Waals surface area contributed by atoms with Gasteiger partial charge < -0.3 is 4.90 Å². The number of hydrogen-bond donors (Lipinski definition) is 0. The van der Waals surface area contributed by atoms with Crippen molar-refractivity contribution in [1.82, 2.24) is 4.90 Å². The first kappa shape index (κ1) is 11.1. The monoisotopic (exact) mass is 201 g/mol. The zero-order chi connectivity index (χ0) is 9.90. The van der Waals surface area contributed by atoms with Crippen molar-refractivity contribution in [3.8, 4) is 0 Å². The highest BCUT2D eigenvalue weighted by Gasteiger charge is 2.27. The highest BCUT2D eigenvalue weighted by atomic mass is 32.2. The molecule has 1 fully saturated rings. The fraction of sp³-hybridized carbons (Fsp3) is 0.900. The number of ketones is 1. The molecule has 1 rings (SSSR count). The van der Waals surface area contributed by atoms with Gasteiger partial charge in [-0.25, -0.2) is 0 Å². The van der Waals surface area contributed by atoms with Gasteiger partial charge in [-0.3, -0.25) is 4.79 Å². The molecule has 0 unspecified atom stereocenters. The number of hydrogen-bond acceptors (Lipinski definition) is 3. The maximum Gasteiger partial charge on any atom is 0.136 e. The highest BCUT2D eigenvalue weighted by molar-refractivity contribution is 7.99. The van der Waals surface area contributed by atoms with Crippen LogP contribution >= 0.6 is 11.8 Å². The molecule has 0 aromatic rings. The van der Waals surface area contributed by atoms with Crippen molar-refractivity contribution in [3.05, 3.63) is 0 Å². The first-order valence-corrected chi connectivity index (χ1v) is 5.99. The quantitative estimate of drug-likeness (QED) is 0.692. The van der Waals surface area contributed by atoms with Gasteiger partial charge in [-0.1, -0.05) is 13.8 Å². The van der Waals surface area contributed by atoms with E-state index < -0.39 is 0 Å². The SMILES string of the molecule is CC(=O)C(C)(C)CN1CCSCC1. The summed E-state index contributed by atoms with van der Waals surface area (Å²) >= 11 is 2.01. The van der Waals surface area contributed by atoms with Gasteiger partial charge in [0.25, 0.3) is 0 Å². The Hall–Kier alpha value is -0.0200. The van der Waals surface area contributed by atoms with Gasteiger partial charge in [0.1, 0.15) is 5.78 Å². The van der Waals surface area contributed by atoms with Crippen molar-refractivity contribution >= 4 is 17.5 Å². The van der Waals surface area contributed by atoms with E-state index in [2.05, 4.69) is 4.90 Å². The first-order valence-electron chi connectivity index (χ1n) is 4.83. The summed E-state index contributed by atoms with van der Waals surface area (Å²) in [5.74, 6) is 2.73. The summed E-state index contributed by atoms with van der Waals surface area (Å²) in [4.78, 5) is 13.7. The van der Waals surface area contributed by atoms with E-state index >= 15 is 0 Å². The zero-order valence-corrected chi connectivity index (χ0v) is 9.62. The van der Waals surface area contributed by atoms with Gasteiger partial charge in [0.05, 0.1) is 0 Å². The first-order chi connectivity index (χ1) is 6.02. The van der Waals surface area contributed by atoms with Crippen molar-refractivity contribution in [2.24, 2.45) is 5.41 Å². The molecular formula is C10H19NOS. The smallest absolute Gasteiger partial charge is 0.136 e. The summed E-state index contributed by atoms with van der Waals surface area (Å²) < 4.78 is 0. The van der Waals surface area contributed by atoms with E-state index in [4.69, 9.17) is 0 Å². The molecule has 0 aromatic heterocycles. The molecule has 2 nitrogen and oxygen atoms in total. The van der Waals surface area contributed by atoms with Crippen LogP contribution in [-0.2, 0) is 4.79 Å². The van der Waals surface area contributed by atoms with Crippen molar-refractivity contribution < 1.29 is 4.79 Å². The van der Waals surface area contributed by atoms with Gasteiger partial charge in [0, 0.05) is 36.6 Å². The molecule has 0 bridgehead atoms. The van der Waals surface area contributed by atoms with Crippen LogP contribution in [-0.4, -0.2) is 41.8 Å². The van der Waals surface area contributed by atoms with Crippen LogP contribution in [0.1, 0.15) is 20.8 Å². The maximum absolute atomic E-state index is 11.3. The average molecular weight is 201 g/mol. The molecular weight excluding hydrogens is 182 g/mol. The third-order valence-corrected chi connectivity index (χ3v) is 3.62. The van der Waals surface area contributed by atoms with Gasteiger partial charge in [0.15, 0.2) is 0 Å². The predicted molar refractivity (Wildman–Crippen MR) is 58.2 cm³/mol. The number of carbonyl (C=O) groups is 1. The minimum Gasteiger partial charge on any atom is -0.301 e. The second-order valence-corrected chi connectivity index (χ2v) is 5.55. The lowest BCUT2D eigenvalue weighted by Gasteiger charge is -2.33. The van der Waals surface area contributed by atoms with E-state index in [1.54, 1.807) is 6.92 Å². The standard InChI is InChI=1S/C10H19NOS/c1-9(12)10(2,3)8-11-4-6-13-7-5-11/h4-8H2,1-3H3. The minimum atomic E-state index is -0.165. The molecule has 1 saturated heterocycles. The highest BCUT2D eigenvalue weighted by Crippen LogP contribution is 2.20. The Kier molecular flexibility index (Phi) is 3.80. The van der Waals surface area contributed by atoms with E-state index in [0.717, 1.165) is 19.6 Å². The minimum absolute atomic E-state index is 0.165. The largest absolute Gasteiger partial charge is 0.301 e. The lowest BCUT2D eigenvalue weighted by atomic mass is 9.88. The second-order valence-electron chi connectivity index (χ2n) is 4.33. The van der Waals surface area contributed by atoms with Crippen LogP contribution in [0.25, 0.3) is 0 Å². The Morgan fingerprint density at radius 1 is 1.38 bits per heavy atom. The number of thioether (sulfide) groups is 1. The predicted octanol–water partition coefficient (Wildman–Crippen LogP) is 1.65. The van der Waals surface area contributed by atoms with Gasteiger partial charge in [-0.2, -0.15) is 11.8 Å². The van der Waals surface area contributed by atoms with Gasteiger partial charge in [-0.15, -0.1) is 0 Å². The molecule has 0 amide bonds. The number of carbonyl (C=O) groups excluding carboxylic acids is 1. The van der Waals surface area contributed by atoms with Crippen molar-refractivity contribution in [2.75, 3.05) is 31.1 Å². The van der Waals surface area contributed by atoms with Crippen LogP contribution in [0.4, 0.5) is 0 Å². The lowest BCUT2D eigenvalue weighted by molar-refractivity contribution is -0.125. The fourth-order valence-electron chi connectivity index (χ4n) is 1.43. The summed E-state index contributed by atoms with van der Waals surface area (Å²) in [6.07, 6.45) is 0. The molecule has 0 N–H and O–H groups in total. The van der Waals surface area contributed by atoms with E-state index in [-0.39, 0.29) is 5.41 Å². The summed E-state index contributed by atoms with van der Waals surface area (Å²) in [5.41, 5.74) is -0.165. The molecule has 0 spiro atoms.